The van der Waals surface area contributed by atoms with Crippen LogP contribution in [0.25, 0.3) is 10.9 Å². The number of nitrogens with one attached hydrogen (secondary N) is 1. The molecule has 7 nitrogen and oxygen atoms in total. The number of hydrogen-bond donors (Lipinski definition) is 1. The molecule has 0 saturated heterocycles. The summed E-state index contributed by atoms with van der Waals surface area (Å²) >= 11 is 6.26. The monoisotopic (exact) mass is 416 g/mol. The molecule has 0 bridgehead atoms. The largest absolute Gasteiger partial charge is 0.493 e. The maximum Gasteiger partial charge on any atom is 0.339 e. The number of H-pyrrole nitrogens is 1. The summed E-state index contributed by atoms with van der Waals surface area (Å²) in [5.41, 5.74) is 0.428. The molecule has 1 heterocycles. The van der Waals surface area contributed by atoms with E-state index in [1.54, 1.807) is 31.2 Å². The fourth-order valence-electron chi connectivity index (χ4n) is 2.76. The second-order valence-electron chi connectivity index (χ2n) is 6.35. The Bertz CT molecular complexity index is 1100. The van der Waals surface area contributed by atoms with Gasteiger partial charge in [0, 0.05) is 0 Å². The summed E-state index contributed by atoms with van der Waals surface area (Å²) in [5.74, 6) is 0.336. The lowest BCUT2D eigenvalue weighted by molar-refractivity contribution is 0.0319. The molecule has 3 rings (SSSR count). The number of nitrogens with zero attached hydrogens (tertiary/aromatic N) is 1. The van der Waals surface area contributed by atoms with Crippen LogP contribution in [0.3, 0.4) is 0 Å². The predicted molar refractivity (Wildman–Crippen MR) is 110 cm³/mol. The van der Waals surface area contributed by atoms with E-state index in [0.717, 1.165) is 6.42 Å². The first-order chi connectivity index (χ1) is 13.9. The molecule has 0 fully saturated rings. The molecule has 1 aromatic heterocycles. The minimum atomic E-state index is -0.777. The van der Waals surface area contributed by atoms with E-state index in [2.05, 4.69) is 9.97 Å². The third kappa shape index (κ3) is 4.51. The minimum absolute atomic E-state index is 0.200. The number of ether oxygens (including phenoxy) is 3. The average Bonchev–Trinajstić information content (AvgIpc) is 2.72. The van der Waals surface area contributed by atoms with Crippen molar-refractivity contribution >= 4 is 28.5 Å². The number of rotatable bonds is 7. The van der Waals surface area contributed by atoms with Crippen LogP contribution in [0.15, 0.2) is 41.2 Å². The first-order valence-electron chi connectivity index (χ1n) is 9.14. The molecule has 2 aromatic carbocycles. The fraction of sp³-hybridized carbons (Fsp3) is 0.286. The number of aromatic amines is 1. The van der Waals surface area contributed by atoms with Gasteiger partial charge in [0.1, 0.15) is 0 Å². The molecule has 152 valence electrons. The molecule has 0 amide bonds. The number of methoxy groups -OCH3 is 1. The zero-order chi connectivity index (χ0) is 21.0. The van der Waals surface area contributed by atoms with Crippen LogP contribution in [0.5, 0.6) is 11.5 Å². The number of halogens is 1. The van der Waals surface area contributed by atoms with Gasteiger partial charge in [0.2, 0.25) is 0 Å². The van der Waals surface area contributed by atoms with Crippen molar-refractivity contribution in [1.29, 1.82) is 0 Å². The Kier molecular flexibility index (Phi) is 6.39. The third-order valence-corrected chi connectivity index (χ3v) is 4.50. The Morgan fingerprint density at radius 3 is 2.76 bits per heavy atom. The molecule has 29 heavy (non-hydrogen) atoms. The van der Waals surface area contributed by atoms with Gasteiger partial charge in [0.15, 0.2) is 23.4 Å². The smallest absolute Gasteiger partial charge is 0.339 e. The molecule has 0 aliphatic rings. The van der Waals surface area contributed by atoms with Gasteiger partial charge in [-0.1, -0.05) is 30.7 Å². The van der Waals surface area contributed by atoms with Gasteiger partial charge in [-0.3, -0.25) is 4.79 Å². The number of carbonyl (C=O) groups excluding carboxylic acids is 1. The first-order valence-corrected chi connectivity index (χ1v) is 9.52. The van der Waals surface area contributed by atoms with E-state index in [1.807, 2.05) is 6.92 Å². The Balaban J connectivity index is 1.84. The second kappa shape index (κ2) is 8.96. The molecule has 0 spiro atoms. The molecule has 0 unspecified atom stereocenters. The van der Waals surface area contributed by atoms with E-state index in [-0.39, 0.29) is 22.0 Å². The van der Waals surface area contributed by atoms with Crippen molar-refractivity contribution in [3.05, 3.63) is 63.2 Å². The second-order valence-corrected chi connectivity index (χ2v) is 6.76. The molecular weight excluding hydrogens is 396 g/mol. The summed E-state index contributed by atoms with van der Waals surface area (Å²) in [6, 6.07) is 9.91. The van der Waals surface area contributed by atoms with Crippen molar-refractivity contribution in [2.24, 2.45) is 0 Å². The lowest BCUT2D eigenvalue weighted by Crippen LogP contribution is -2.17. The van der Waals surface area contributed by atoms with Crippen LogP contribution in [0.2, 0.25) is 5.02 Å². The highest BCUT2D eigenvalue weighted by Crippen LogP contribution is 2.37. The topological polar surface area (TPSA) is 90.5 Å². The van der Waals surface area contributed by atoms with Crippen molar-refractivity contribution in [2.45, 2.75) is 26.4 Å². The van der Waals surface area contributed by atoms with Gasteiger partial charge in [0.25, 0.3) is 5.56 Å². The van der Waals surface area contributed by atoms with Gasteiger partial charge < -0.3 is 19.2 Å². The van der Waals surface area contributed by atoms with Crippen molar-refractivity contribution in [3.8, 4) is 11.5 Å². The average molecular weight is 417 g/mol. The number of benzene rings is 2. The zero-order valence-electron chi connectivity index (χ0n) is 16.3. The van der Waals surface area contributed by atoms with Crippen LogP contribution >= 0.6 is 11.6 Å². The number of hydrogen-bond acceptors (Lipinski definition) is 6. The quantitative estimate of drug-likeness (QED) is 0.578. The van der Waals surface area contributed by atoms with E-state index >= 15 is 0 Å². The number of fused-ring (bicyclic) bond motifs is 1. The molecule has 3 aromatic rings. The van der Waals surface area contributed by atoms with E-state index in [9.17, 15) is 9.59 Å². The Morgan fingerprint density at radius 1 is 1.28 bits per heavy atom. The first kappa shape index (κ1) is 20.7. The highest BCUT2D eigenvalue weighted by molar-refractivity contribution is 6.32. The molecular formula is C21H21ClN2O5. The van der Waals surface area contributed by atoms with E-state index in [0.29, 0.717) is 29.0 Å². The molecule has 0 aliphatic carbocycles. The summed E-state index contributed by atoms with van der Waals surface area (Å²) in [4.78, 5) is 31.9. The van der Waals surface area contributed by atoms with Crippen molar-refractivity contribution in [1.82, 2.24) is 9.97 Å². The number of carbonyl (C=O) groups is 1. The summed E-state index contributed by atoms with van der Waals surface area (Å²) in [7, 11) is 1.46. The van der Waals surface area contributed by atoms with E-state index < -0.39 is 12.1 Å². The third-order valence-electron chi connectivity index (χ3n) is 4.22. The maximum absolute atomic E-state index is 12.6. The molecule has 0 saturated carbocycles. The van der Waals surface area contributed by atoms with E-state index in [1.165, 1.54) is 19.2 Å². The predicted octanol–water partition coefficient (Wildman–Crippen LogP) is 4.29. The number of esters is 1. The van der Waals surface area contributed by atoms with Crippen molar-refractivity contribution in [2.75, 3.05) is 13.7 Å². The van der Waals surface area contributed by atoms with Gasteiger partial charge in [-0.25, -0.2) is 9.78 Å². The Hall–Kier alpha value is -3.06. The normalized spacial score (nSPS) is 11.9. The van der Waals surface area contributed by atoms with Crippen LogP contribution < -0.4 is 15.0 Å². The summed E-state index contributed by atoms with van der Waals surface area (Å²) < 4.78 is 16.4. The highest BCUT2D eigenvalue weighted by atomic mass is 35.5. The molecule has 0 aliphatic heterocycles. The summed E-state index contributed by atoms with van der Waals surface area (Å²) in [6.45, 7) is 4.07. The number of para-hydroxylation sites is 1. The van der Waals surface area contributed by atoms with Gasteiger partial charge in [0.05, 0.1) is 35.2 Å². The Morgan fingerprint density at radius 2 is 2.03 bits per heavy atom. The van der Waals surface area contributed by atoms with Crippen molar-refractivity contribution < 1.29 is 19.0 Å². The van der Waals surface area contributed by atoms with Gasteiger partial charge in [-0.15, -0.1) is 0 Å². The van der Waals surface area contributed by atoms with Crippen LogP contribution in [-0.4, -0.2) is 29.7 Å². The summed E-state index contributed by atoms with van der Waals surface area (Å²) in [5, 5.41) is 0.712. The van der Waals surface area contributed by atoms with Crippen LogP contribution in [0, 0.1) is 0 Å². The SMILES string of the molecule is CCCOc1c(Cl)cc(C(=O)O[C@H](C)c2nc3ccccc3c(=O)[nH]2)cc1OC. The Labute approximate surface area is 172 Å². The van der Waals surface area contributed by atoms with Crippen molar-refractivity contribution in [3.63, 3.8) is 0 Å². The van der Waals surface area contributed by atoms with Gasteiger partial charge >= 0.3 is 5.97 Å². The van der Waals surface area contributed by atoms with Crippen LogP contribution in [0.4, 0.5) is 0 Å². The van der Waals surface area contributed by atoms with Gasteiger partial charge in [-0.05, 0) is 37.6 Å². The van der Waals surface area contributed by atoms with E-state index in [4.69, 9.17) is 25.8 Å². The highest BCUT2D eigenvalue weighted by Gasteiger charge is 2.20. The fourth-order valence-corrected chi connectivity index (χ4v) is 3.03. The lowest BCUT2D eigenvalue weighted by Gasteiger charge is -2.16. The van der Waals surface area contributed by atoms with Crippen LogP contribution in [-0.2, 0) is 4.74 Å². The van der Waals surface area contributed by atoms with Crippen LogP contribution in [0.1, 0.15) is 42.6 Å². The standard InChI is InChI=1S/C21H21ClN2O5/c1-4-9-28-18-15(22)10-13(11-17(18)27-3)21(26)29-12(2)19-23-16-8-6-5-7-14(16)20(25)24-19/h5-8,10-12H,4,9H2,1-3H3,(H,23,24,25)/t12-/m1/s1. The number of aromatic nitrogens is 2. The van der Waals surface area contributed by atoms with Gasteiger partial charge in [-0.2, -0.15) is 0 Å². The minimum Gasteiger partial charge on any atom is -0.493 e. The summed E-state index contributed by atoms with van der Waals surface area (Å²) in [6.07, 6.45) is 0.0261. The molecule has 8 heteroatoms. The molecule has 1 atom stereocenters. The molecule has 0 radical (unpaired) electrons. The maximum atomic E-state index is 12.6. The molecule has 1 N–H and O–H groups in total. The lowest BCUT2D eigenvalue weighted by atomic mass is 10.2. The zero-order valence-corrected chi connectivity index (χ0v) is 17.1.